The van der Waals surface area contributed by atoms with Gasteiger partial charge in [0.2, 0.25) is 0 Å². The van der Waals surface area contributed by atoms with E-state index in [9.17, 15) is 13.7 Å². The van der Waals surface area contributed by atoms with Gasteiger partial charge < -0.3 is 0 Å². The summed E-state index contributed by atoms with van der Waals surface area (Å²) in [5.41, 5.74) is -2.78. The first-order valence-corrected chi connectivity index (χ1v) is 14.1. The second-order valence-electron chi connectivity index (χ2n) is 8.31. The van der Waals surface area contributed by atoms with Crippen molar-refractivity contribution < 1.29 is 39.8 Å². The minimum Gasteiger partial charge on any atom is -0.208 e. The molecule has 7 rings (SSSR count). The molecule has 4 heteroatoms. The minimum absolute atomic E-state index is 0.833. The standard InChI is InChI=1S/C39H29N3Si/c1-6-17-30(18-7-1)37-40-38(31-19-8-2-9-20-31)42-39(41-37)32-21-16-28-36(29-32)43(33-22-10-3-11-23-33,34-24-12-4-13-25-34)35-26-14-5-15-27-35/h1-29H/i1D,2D,3D,4D,5D,6D,7D,8D,9D,10D,11D,12D,13D,14D,15D,16D,17D,18D,19D,20D,21D,22D,23D,24D,25D,26D,27D,28D,29D. The summed E-state index contributed by atoms with van der Waals surface area (Å²) in [4.78, 5) is 12.6. The fraction of sp³-hybridized carbons (Fsp3) is 0. The predicted octanol–water partition coefficient (Wildman–Crippen LogP) is 6.25. The van der Waals surface area contributed by atoms with Crippen molar-refractivity contribution in [2.45, 2.75) is 0 Å². The van der Waals surface area contributed by atoms with E-state index in [2.05, 4.69) is 15.0 Å². The Morgan fingerprint density at radius 1 is 0.326 bits per heavy atom. The molecule has 0 bridgehead atoms. The number of rotatable bonds is 7. The van der Waals surface area contributed by atoms with E-state index in [1.54, 1.807) is 0 Å². The van der Waals surface area contributed by atoms with Crippen molar-refractivity contribution in [3.63, 3.8) is 0 Å². The van der Waals surface area contributed by atoms with E-state index in [1.807, 2.05) is 0 Å². The molecule has 1 aromatic heterocycles. The molecule has 1 heterocycles. The first-order chi connectivity index (χ1) is 33.3. The molecule has 0 saturated heterocycles. The number of benzene rings is 6. The van der Waals surface area contributed by atoms with Crippen molar-refractivity contribution in [3.8, 4) is 34.2 Å². The van der Waals surface area contributed by atoms with Crippen LogP contribution >= 0.6 is 0 Å². The largest absolute Gasteiger partial charge is 0.208 e. The molecule has 0 fully saturated rings. The van der Waals surface area contributed by atoms with Crippen LogP contribution in [0.5, 0.6) is 0 Å². The topological polar surface area (TPSA) is 38.7 Å². The zero-order valence-corrected chi connectivity index (χ0v) is 22.3. The van der Waals surface area contributed by atoms with E-state index in [0.29, 0.717) is 0 Å². The van der Waals surface area contributed by atoms with Crippen LogP contribution < -0.4 is 20.7 Å². The fourth-order valence-corrected chi connectivity index (χ4v) is 7.70. The summed E-state index contributed by atoms with van der Waals surface area (Å²) in [5.74, 6) is -3.00. The average molecular weight is 597 g/mol. The van der Waals surface area contributed by atoms with Crippen molar-refractivity contribution in [1.82, 2.24) is 15.0 Å². The van der Waals surface area contributed by atoms with Crippen LogP contribution in [0, 0.1) is 0 Å². The molecule has 204 valence electrons. The molecule has 3 nitrogen and oxygen atoms in total. The van der Waals surface area contributed by atoms with Crippen molar-refractivity contribution in [2.75, 3.05) is 0 Å². The van der Waals surface area contributed by atoms with E-state index in [0.717, 1.165) is 0 Å². The molecule has 7 aromatic rings. The molecule has 0 N–H and O–H groups in total. The fourth-order valence-electron chi connectivity index (χ4n) is 4.14. The molecular formula is C39H29N3Si. The average Bonchev–Trinajstić information content (AvgIpc) is 3.34. The van der Waals surface area contributed by atoms with Crippen molar-refractivity contribution >= 4 is 28.8 Å². The Balaban J connectivity index is 1.88. The highest BCUT2D eigenvalue weighted by Crippen LogP contribution is 2.24. The Morgan fingerprint density at radius 2 is 0.628 bits per heavy atom. The summed E-state index contributed by atoms with van der Waals surface area (Å²) in [5, 5.41) is -4.70. The van der Waals surface area contributed by atoms with E-state index >= 15 is 0 Å². The van der Waals surface area contributed by atoms with Crippen LogP contribution in [0.1, 0.15) is 39.8 Å². The molecule has 0 atom stereocenters. The summed E-state index contributed by atoms with van der Waals surface area (Å²) >= 11 is 0. The van der Waals surface area contributed by atoms with Crippen molar-refractivity contribution in [3.05, 3.63) is 175 Å². The van der Waals surface area contributed by atoms with Crippen LogP contribution in [0.2, 0.25) is 0 Å². The van der Waals surface area contributed by atoms with E-state index < -0.39 is 238 Å². The first-order valence-electron chi connectivity index (χ1n) is 26.6. The molecule has 0 saturated carbocycles. The van der Waals surface area contributed by atoms with Crippen LogP contribution in [0.3, 0.4) is 0 Å². The summed E-state index contributed by atoms with van der Waals surface area (Å²) < 4.78 is 257. The number of nitrogens with zero attached hydrogens (tertiary/aromatic N) is 3. The van der Waals surface area contributed by atoms with Crippen LogP contribution in [0.4, 0.5) is 0 Å². The summed E-state index contributed by atoms with van der Waals surface area (Å²) in [6.45, 7) is 0. The van der Waals surface area contributed by atoms with Crippen LogP contribution in [-0.2, 0) is 0 Å². The van der Waals surface area contributed by atoms with Crippen molar-refractivity contribution in [2.24, 2.45) is 0 Å². The molecule has 6 aromatic carbocycles. The molecule has 43 heavy (non-hydrogen) atoms. The number of aromatic nitrogens is 3. The molecule has 0 spiro atoms. The predicted molar refractivity (Wildman–Crippen MR) is 180 cm³/mol. The van der Waals surface area contributed by atoms with E-state index in [-0.39, 0.29) is 0 Å². The van der Waals surface area contributed by atoms with Gasteiger partial charge >= 0.3 is 0 Å². The lowest BCUT2D eigenvalue weighted by molar-refractivity contribution is 1.07. The minimum atomic E-state index is -6.37. The second kappa shape index (κ2) is 11.8. The molecule has 0 aliphatic carbocycles. The van der Waals surface area contributed by atoms with Crippen LogP contribution in [-0.4, -0.2) is 23.0 Å². The quantitative estimate of drug-likeness (QED) is 0.161. The zero-order valence-electron chi connectivity index (χ0n) is 50.3. The Bertz CT molecular complexity index is 3200. The molecule has 0 unspecified atom stereocenters. The number of hydrogen-bond donors (Lipinski definition) is 0. The van der Waals surface area contributed by atoms with Gasteiger partial charge in [0.05, 0.1) is 39.8 Å². The molecule has 0 aliphatic heterocycles. The molecule has 0 aliphatic rings. The first kappa shape index (κ1) is 9.53. The number of hydrogen-bond acceptors (Lipinski definition) is 3. The Labute approximate surface area is 294 Å². The third-order valence-electron chi connectivity index (χ3n) is 5.93. The zero-order chi connectivity index (χ0) is 54.1. The van der Waals surface area contributed by atoms with Gasteiger partial charge in [0.25, 0.3) is 0 Å². The Morgan fingerprint density at radius 3 is 1.02 bits per heavy atom. The third-order valence-corrected chi connectivity index (χ3v) is 9.93. The highest BCUT2D eigenvalue weighted by Gasteiger charge is 2.41. The van der Waals surface area contributed by atoms with Gasteiger partial charge in [-0.05, 0) is 20.7 Å². The van der Waals surface area contributed by atoms with Gasteiger partial charge in [0, 0.05) is 16.7 Å². The van der Waals surface area contributed by atoms with Gasteiger partial charge in [-0.3, -0.25) is 0 Å². The highest BCUT2D eigenvalue weighted by atomic mass is 28.3. The highest BCUT2D eigenvalue weighted by molar-refractivity contribution is 7.19. The SMILES string of the molecule is [2H]c1c([2H])c([2H])c(-c2nc(-c3c([2H])c([2H])c([2H])c([2H])c3[2H])nc(-c3c([2H])c([2H])c([2H])c([Si](c4c([2H])c([2H])c([2H])c([2H])c4[2H])(c4c([2H])c([2H])c([2H])c([2H])c4[2H])c4c([2H])c([2H])c([2H])c([2H])c4[2H])c3[2H])n2)c([2H])c1[2H]. The maximum atomic E-state index is 10.1. The van der Waals surface area contributed by atoms with Gasteiger partial charge in [0.15, 0.2) is 25.5 Å². The van der Waals surface area contributed by atoms with E-state index in [1.165, 1.54) is 0 Å². The van der Waals surface area contributed by atoms with Crippen LogP contribution in [0.25, 0.3) is 34.2 Å². The second-order valence-corrected chi connectivity index (χ2v) is 11.8. The van der Waals surface area contributed by atoms with Gasteiger partial charge in [-0.2, -0.15) is 0 Å². The Hall–Kier alpha value is -5.45. The third kappa shape index (κ3) is 5.09. The maximum absolute atomic E-state index is 10.1. The molecule has 0 radical (unpaired) electrons. The lowest BCUT2D eigenvalue weighted by Crippen LogP contribution is -2.74. The normalized spacial score (nSPS) is 20.7. The summed E-state index contributed by atoms with van der Waals surface area (Å²) in [7, 11) is -6.37. The maximum Gasteiger partial charge on any atom is 0.179 e. The lowest BCUT2D eigenvalue weighted by Gasteiger charge is -2.34. The van der Waals surface area contributed by atoms with Gasteiger partial charge in [-0.15, -0.1) is 0 Å². The summed E-state index contributed by atoms with van der Waals surface area (Å²) in [6.07, 6.45) is 0. The lowest BCUT2D eigenvalue weighted by atomic mass is 10.1. The van der Waals surface area contributed by atoms with Crippen LogP contribution in [0.15, 0.2) is 175 Å². The van der Waals surface area contributed by atoms with Gasteiger partial charge in [-0.1, -0.05) is 175 Å². The monoisotopic (exact) mass is 596 g/mol. The Kier molecular flexibility index (Phi) is 2.62. The van der Waals surface area contributed by atoms with Gasteiger partial charge in [0.1, 0.15) is 0 Å². The summed E-state index contributed by atoms with van der Waals surface area (Å²) in [6, 6.07) is -33.1. The van der Waals surface area contributed by atoms with E-state index in [4.69, 9.17) is 26.0 Å². The smallest absolute Gasteiger partial charge is 0.179 e. The van der Waals surface area contributed by atoms with Gasteiger partial charge in [-0.25, -0.2) is 15.0 Å². The molecular weight excluding hydrogens is 539 g/mol. The molecule has 0 amide bonds. The van der Waals surface area contributed by atoms with Crippen molar-refractivity contribution in [1.29, 1.82) is 0 Å².